The molecule has 0 atom stereocenters. The maximum atomic E-state index is 13.9. The molecule has 22 heavy (non-hydrogen) atoms. The van der Waals surface area contributed by atoms with Crippen LogP contribution < -0.4 is 4.74 Å². The fourth-order valence-corrected chi connectivity index (χ4v) is 1.62. The van der Waals surface area contributed by atoms with Gasteiger partial charge in [-0.05, 0) is 24.3 Å². The summed E-state index contributed by atoms with van der Waals surface area (Å²) in [5.74, 6) is -0.247. The number of hydrogen-bond donors (Lipinski definition) is 0. The van der Waals surface area contributed by atoms with Crippen LogP contribution in [0, 0.1) is 5.82 Å². The lowest BCUT2D eigenvalue weighted by atomic mass is 10.2. The van der Waals surface area contributed by atoms with Crippen LogP contribution in [0.5, 0.6) is 11.5 Å². The standard InChI is InChI=1S/C16H14FNO4/c1-20-16(19)10-18-21-11-13-14(17)8-5-9-15(13)22-12-6-3-2-4-7-12/h2-10H,11H2,1H3. The second kappa shape index (κ2) is 7.78. The number of oxime groups is 1. The van der Waals surface area contributed by atoms with Crippen LogP contribution in [0.15, 0.2) is 53.7 Å². The van der Waals surface area contributed by atoms with Crippen molar-refractivity contribution in [2.75, 3.05) is 7.11 Å². The molecule has 0 saturated carbocycles. The van der Waals surface area contributed by atoms with Crippen LogP contribution in [-0.4, -0.2) is 19.3 Å². The van der Waals surface area contributed by atoms with E-state index in [9.17, 15) is 9.18 Å². The number of benzene rings is 2. The number of nitrogens with zero attached hydrogens (tertiary/aromatic N) is 1. The summed E-state index contributed by atoms with van der Waals surface area (Å²) in [7, 11) is 1.22. The van der Waals surface area contributed by atoms with Gasteiger partial charge in [-0.3, -0.25) is 0 Å². The minimum atomic E-state index is -0.658. The molecule has 0 N–H and O–H groups in total. The average molecular weight is 303 g/mol. The first-order valence-corrected chi connectivity index (χ1v) is 6.44. The van der Waals surface area contributed by atoms with Crippen LogP contribution in [-0.2, 0) is 21.0 Å². The van der Waals surface area contributed by atoms with E-state index in [-0.39, 0.29) is 12.2 Å². The molecule has 2 aromatic rings. The zero-order chi connectivity index (χ0) is 15.8. The van der Waals surface area contributed by atoms with Gasteiger partial charge >= 0.3 is 5.97 Å². The van der Waals surface area contributed by atoms with Gasteiger partial charge in [-0.25, -0.2) is 9.18 Å². The van der Waals surface area contributed by atoms with E-state index < -0.39 is 11.8 Å². The minimum absolute atomic E-state index is 0.178. The lowest BCUT2D eigenvalue weighted by Crippen LogP contribution is -2.02. The lowest BCUT2D eigenvalue weighted by Gasteiger charge is -2.11. The van der Waals surface area contributed by atoms with Crippen molar-refractivity contribution in [3.05, 3.63) is 59.9 Å². The smallest absolute Gasteiger partial charge is 0.352 e. The molecule has 114 valence electrons. The maximum absolute atomic E-state index is 13.9. The molecule has 2 aromatic carbocycles. The highest BCUT2D eigenvalue weighted by Gasteiger charge is 2.11. The Morgan fingerprint density at radius 2 is 1.95 bits per heavy atom. The summed E-state index contributed by atoms with van der Waals surface area (Å²) in [5, 5.41) is 3.40. The summed E-state index contributed by atoms with van der Waals surface area (Å²) in [6.07, 6.45) is 0.860. The number of methoxy groups -OCH3 is 1. The van der Waals surface area contributed by atoms with Gasteiger partial charge in [0.1, 0.15) is 23.9 Å². The molecule has 0 radical (unpaired) electrons. The van der Waals surface area contributed by atoms with Crippen LogP contribution in [0.25, 0.3) is 0 Å². The highest BCUT2D eigenvalue weighted by Crippen LogP contribution is 2.27. The predicted molar refractivity (Wildman–Crippen MR) is 78.2 cm³/mol. The first-order chi connectivity index (χ1) is 10.7. The topological polar surface area (TPSA) is 57.1 Å². The molecule has 5 nitrogen and oxygen atoms in total. The third-order valence-electron chi connectivity index (χ3n) is 2.69. The van der Waals surface area contributed by atoms with Crippen molar-refractivity contribution in [2.45, 2.75) is 6.61 Å². The van der Waals surface area contributed by atoms with E-state index in [1.807, 2.05) is 18.2 Å². The lowest BCUT2D eigenvalue weighted by molar-refractivity contribution is -0.132. The molecule has 0 aromatic heterocycles. The van der Waals surface area contributed by atoms with E-state index in [2.05, 4.69) is 9.89 Å². The first-order valence-electron chi connectivity index (χ1n) is 6.44. The van der Waals surface area contributed by atoms with Gasteiger partial charge in [-0.15, -0.1) is 0 Å². The summed E-state index contributed by atoms with van der Waals surface area (Å²) in [5.41, 5.74) is 0.202. The predicted octanol–water partition coefficient (Wildman–Crippen LogP) is 3.29. The van der Waals surface area contributed by atoms with E-state index in [0.29, 0.717) is 11.5 Å². The Hall–Kier alpha value is -2.89. The summed E-state index contributed by atoms with van der Waals surface area (Å²) in [6, 6.07) is 13.4. The molecule has 0 spiro atoms. The molecule has 0 unspecified atom stereocenters. The number of para-hydroxylation sites is 1. The van der Waals surface area contributed by atoms with Crippen molar-refractivity contribution in [1.82, 2.24) is 0 Å². The summed E-state index contributed by atoms with van der Waals surface area (Å²) in [4.78, 5) is 15.7. The second-order valence-electron chi connectivity index (χ2n) is 4.16. The number of esters is 1. The fraction of sp³-hybridized carbons (Fsp3) is 0.125. The average Bonchev–Trinajstić information content (AvgIpc) is 2.54. The second-order valence-corrected chi connectivity index (χ2v) is 4.16. The first kappa shape index (κ1) is 15.5. The third-order valence-corrected chi connectivity index (χ3v) is 2.69. The van der Waals surface area contributed by atoms with Crippen LogP contribution in [0.1, 0.15) is 5.56 Å². The highest BCUT2D eigenvalue weighted by atomic mass is 19.1. The van der Waals surface area contributed by atoms with Gasteiger partial charge < -0.3 is 14.3 Å². The van der Waals surface area contributed by atoms with Crippen molar-refractivity contribution in [2.24, 2.45) is 5.16 Å². The van der Waals surface area contributed by atoms with Crippen LogP contribution >= 0.6 is 0 Å². The summed E-state index contributed by atoms with van der Waals surface area (Å²) < 4.78 is 23.9. The molecular weight excluding hydrogens is 289 g/mol. The normalized spacial score (nSPS) is 10.5. The van der Waals surface area contributed by atoms with Crippen molar-refractivity contribution in [3.8, 4) is 11.5 Å². The van der Waals surface area contributed by atoms with E-state index in [0.717, 1.165) is 6.21 Å². The van der Waals surface area contributed by atoms with Gasteiger partial charge in [-0.2, -0.15) is 0 Å². The van der Waals surface area contributed by atoms with E-state index in [1.54, 1.807) is 18.2 Å². The molecule has 6 heteroatoms. The quantitative estimate of drug-likeness (QED) is 0.467. The molecule has 0 bridgehead atoms. The molecule has 0 amide bonds. The van der Waals surface area contributed by atoms with Gasteiger partial charge in [-0.1, -0.05) is 29.4 Å². The minimum Gasteiger partial charge on any atom is -0.465 e. The number of carbonyl (C=O) groups is 1. The molecule has 0 aliphatic heterocycles. The van der Waals surface area contributed by atoms with Crippen molar-refractivity contribution in [1.29, 1.82) is 0 Å². The Bertz CT molecular complexity index is 658. The Morgan fingerprint density at radius 1 is 1.18 bits per heavy atom. The largest absolute Gasteiger partial charge is 0.465 e. The zero-order valence-corrected chi connectivity index (χ0v) is 11.9. The molecule has 2 rings (SSSR count). The van der Waals surface area contributed by atoms with Crippen LogP contribution in [0.2, 0.25) is 0 Å². The molecule has 0 fully saturated rings. The Morgan fingerprint density at radius 3 is 2.68 bits per heavy atom. The van der Waals surface area contributed by atoms with Crippen LogP contribution in [0.4, 0.5) is 4.39 Å². The SMILES string of the molecule is COC(=O)C=NOCc1c(F)cccc1Oc1ccccc1. The Labute approximate surface area is 126 Å². The number of hydrogen-bond acceptors (Lipinski definition) is 5. The van der Waals surface area contributed by atoms with Crippen molar-refractivity contribution < 1.29 is 23.5 Å². The Balaban J connectivity index is 2.10. The van der Waals surface area contributed by atoms with Gasteiger partial charge in [0.25, 0.3) is 0 Å². The Kier molecular flexibility index (Phi) is 5.48. The number of rotatable bonds is 6. The van der Waals surface area contributed by atoms with E-state index >= 15 is 0 Å². The zero-order valence-electron chi connectivity index (χ0n) is 11.9. The summed E-state index contributed by atoms with van der Waals surface area (Å²) >= 11 is 0. The third kappa shape index (κ3) is 4.31. The number of ether oxygens (including phenoxy) is 2. The molecule has 0 aliphatic carbocycles. The highest BCUT2D eigenvalue weighted by molar-refractivity contribution is 6.22. The molecule has 0 saturated heterocycles. The van der Waals surface area contributed by atoms with Gasteiger partial charge in [0.15, 0.2) is 6.21 Å². The number of carbonyl (C=O) groups excluding carboxylic acids is 1. The van der Waals surface area contributed by atoms with E-state index in [4.69, 9.17) is 9.57 Å². The van der Waals surface area contributed by atoms with Gasteiger partial charge in [0, 0.05) is 0 Å². The van der Waals surface area contributed by atoms with Crippen molar-refractivity contribution >= 4 is 12.2 Å². The van der Waals surface area contributed by atoms with Crippen molar-refractivity contribution in [3.63, 3.8) is 0 Å². The summed E-state index contributed by atoms with van der Waals surface area (Å²) in [6.45, 7) is -0.178. The molecule has 0 aliphatic rings. The molecular formula is C16H14FNO4. The van der Waals surface area contributed by atoms with Gasteiger partial charge in [0.2, 0.25) is 0 Å². The molecule has 0 heterocycles. The fourth-order valence-electron chi connectivity index (χ4n) is 1.62. The monoisotopic (exact) mass is 303 g/mol. The van der Waals surface area contributed by atoms with E-state index in [1.165, 1.54) is 19.2 Å². The number of halogens is 1. The van der Waals surface area contributed by atoms with Crippen LogP contribution in [0.3, 0.4) is 0 Å². The van der Waals surface area contributed by atoms with Gasteiger partial charge in [0.05, 0.1) is 12.7 Å². The maximum Gasteiger partial charge on any atom is 0.352 e.